The van der Waals surface area contributed by atoms with Gasteiger partial charge < -0.3 is 30.1 Å². The molecule has 3 aromatic heterocycles. The van der Waals surface area contributed by atoms with Crippen LogP contribution in [0.3, 0.4) is 0 Å². The minimum Gasteiger partial charge on any atom is -0.681 e. The van der Waals surface area contributed by atoms with Crippen LogP contribution in [0.4, 0.5) is 0 Å². The molecule has 212 valence electrons. The number of ether oxygens (including phenoxy) is 1. The molecule has 1 N–H and O–H groups in total. The Morgan fingerprint density at radius 3 is 2.38 bits per heavy atom. The first-order chi connectivity index (χ1) is 19.6. The van der Waals surface area contributed by atoms with Gasteiger partial charge in [0, 0.05) is 5.22 Å². The summed E-state index contributed by atoms with van der Waals surface area (Å²) in [7, 11) is 1.33. The Balaban J connectivity index is 0.00000353. The van der Waals surface area contributed by atoms with E-state index < -0.39 is 11.9 Å². The van der Waals surface area contributed by atoms with Gasteiger partial charge >= 0.3 is 29.0 Å². The molecule has 5 heterocycles. The van der Waals surface area contributed by atoms with E-state index in [9.17, 15) is 9.90 Å². The van der Waals surface area contributed by atoms with Gasteiger partial charge in [0.1, 0.15) is 11.7 Å². The van der Waals surface area contributed by atoms with Crippen LogP contribution in [0.5, 0.6) is 0 Å². The molecular weight excluding hydrogens is 537 g/mol. The molecule has 8 heteroatoms. The van der Waals surface area contributed by atoms with Gasteiger partial charge in [-0.15, -0.1) is 33.1 Å². The Morgan fingerprint density at radius 1 is 1.05 bits per heavy atom. The molecule has 8 bridgehead atoms. The fourth-order valence-electron chi connectivity index (χ4n) is 6.85. The van der Waals surface area contributed by atoms with Gasteiger partial charge in [0.2, 0.25) is 0 Å². The van der Waals surface area contributed by atoms with Gasteiger partial charge in [-0.1, -0.05) is 94.0 Å². The number of nitrogens with zero attached hydrogens (tertiary/aromatic N) is 4. The van der Waals surface area contributed by atoms with E-state index in [1.165, 1.54) is 7.11 Å². The maximum Gasteiger partial charge on any atom is 2.00 e. The molecule has 4 atom stereocenters. The average molecular weight is 571 g/mol. The predicted molar refractivity (Wildman–Crippen MR) is 168 cm³/mol. The summed E-state index contributed by atoms with van der Waals surface area (Å²) in [4.78, 5) is 28.1. The number of aromatic nitrogens is 3. The van der Waals surface area contributed by atoms with E-state index in [1.54, 1.807) is 0 Å². The summed E-state index contributed by atoms with van der Waals surface area (Å²) in [6.45, 7) is 21.1. The summed E-state index contributed by atoms with van der Waals surface area (Å²) in [5, 5.41) is 20.5. The van der Waals surface area contributed by atoms with Gasteiger partial charge in [0.25, 0.3) is 0 Å². The van der Waals surface area contributed by atoms with E-state index in [0.717, 1.165) is 62.9 Å². The van der Waals surface area contributed by atoms with Crippen LogP contribution in [0.1, 0.15) is 61.0 Å². The zero-order valence-electron chi connectivity index (χ0n) is 24.9. The average Bonchev–Trinajstić information content (AvgIpc) is 3.69. The molecule has 0 radical (unpaired) electrons. The first kappa shape index (κ1) is 29.9. The van der Waals surface area contributed by atoms with Gasteiger partial charge in [-0.05, 0) is 41.2 Å². The standard InChI is InChI=1S/C34H34N4O3.Mg/c1-9-19-15(4)22-12-24-17(6)21(11-3)31(37-24)29-30(34(40)41-8)33(39)28-18(7)25(38-32(28)29)14-27-20(10-2)16(5)23(36-27)13-26(19)35-22;/h9,12-14,17,21,30-31,39H,1,5,7,10-11H2,2-4,6,8H3;/q-4;+2/b23-13-,24-12-,25-14-;/t17-,21-,30+,31?;/m0./s1. The van der Waals surface area contributed by atoms with Gasteiger partial charge in [-0.2, -0.15) is 5.70 Å². The largest absolute Gasteiger partial charge is 2.00 e. The fourth-order valence-corrected chi connectivity index (χ4v) is 6.85. The predicted octanol–water partition coefficient (Wildman–Crippen LogP) is 0.562. The van der Waals surface area contributed by atoms with Gasteiger partial charge in [0.05, 0.1) is 7.11 Å². The quantitative estimate of drug-likeness (QED) is 0.363. The molecule has 1 unspecified atom stereocenters. The Labute approximate surface area is 261 Å². The summed E-state index contributed by atoms with van der Waals surface area (Å²) < 4.78 is 5.17. The molecule has 3 aromatic rings. The van der Waals surface area contributed by atoms with Gasteiger partial charge in [0.15, 0.2) is 0 Å². The summed E-state index contributed by atoms with van der Waals surface area (Å²) in [6.07, 6.45) is 9.30. The zero-order chi connectivity index (χ0) is 29.3. The number of aliphatic hydroxyl groups excluding tert-OH is 1. The van der Waals surface area contributed by atoms with Crippen LogP contribution in [0, 0.1) is 24.7 Å². The molecule has 0 spiro atoms. The van der Waals surface area contributed by atoms with Crippen molar-refractivity contribution in [2.45, 2.75) is 46.6 Å². The van der Waals surface area contributed by atoms with Crippen molar-refractivity contribution in [1.29, 1.82) is 0 Å². The van der Waals surface area contributed by atoms with Crippen molar-refractivity contribution in [3.8, 4) is 0 Å². The first-order valence-electron chi connectivity index (χ1n) is 14.1. The summed E-state index contributed by atoms with van der Waals surface area (Å²) in [6, 6.07) is -0.370. The molecule has 3 aliphatic rings. The van der Waals surface area contributed by atoms with Gasteiger partial charge in [-0.3, -0.25) is 4.79 Å². The molecule has 6 rings (SSSR count). The number of rotatable bonds is 4. The zero-order valence-corrected chi connectivity index (χ0v) is 26.3. The number of allylic oxidation sites excluding steroid dienone is 1. The van der Waals surface area contributed by atoms with Crippen LogP contribution in [-0.2, 0) is 16.0 Å². The molecule has 1 aliphatic carbocycles. The van der Waals surface area contributed by atoms with Crippen molar-refractivity contribution >= 4 is 77.8 Å². The van der Waals surface area contributed by atoms with Crippen molar-refractivity contribution in [3.63, 3.8) is 0 Å². The maximum absolute atomic E-state index is 13.1. The minimum atomic E-state index is -0.978. The second-order valence-corrected chi connectivity index (χ2v) is 11.1. The maximum atomic E-state index is 13.1. The molecular formula is C34H34MgN4O3-2. The third-order valence-corrected chi connectivity index (χ3v) is 9.14. The van der Waals surface area contributed by atoms with Crippen molar-refractivity contribution in [1.82, 2.24) is 15.0 Å². The van der Waals surface area contributed by atoms with E-state index in [4.69, 9.17) is 25.0 Å². The Kier molecular flexibility index (Phi) is 7.74. The third-order valence-electron chi connectivity index (χ3n) is 9.14. The van der Waals surface area contributed by atoms with Crippen LogP contribution in [-0.4, -0.2) is 47.3 Å². The number of methoxy groups -OCH3 is 1. The second kappa shape index (κ2) is 10.9. The van der Waals surface area contributed by atoms with Gasteiger partial charge in [-0.25, -0.2) is 0 Å². The molecule has 0 aromatic carbocycles. The Morgan fingerprint density at radius 2 is 1.74 bits per heavy atom. The number of fused-ring (bicyclic) bond motifs is 8. The van der Waals surface area contributed by atoms with Crippen molar-refractivity contribution in [2.75, 3.05) is 7.11 Å². The topological polar surface area (TPSA) is 103 Å². The SMILES string of the molecule is C=Cc1c2[n-]c(c1C)/C=C1\[N-]C(C3=c4[n-]/c(c(=C)c4=C(O)[C@@H]3C(=O)OC)=C\c3[n-]/c(c(=C)c3CC)=C\2)[C@@H](CC)[C@@H]1C.[Mg+2]. The van der Waals surface area contributed by atoms with E-state index in [2.05, 4.69) is 40.5 Å². The number of esters is 1. The van der Waals surface area contributed by atoms with Crippen molar-refractivity contribution in [2.24, 2.45) is 17.8 Å². The number of carbonyl (C=O) groups is 1. The Hall–Kier alpha value is -3.62. The van der Waals surface area contributed by atoms with E-state index in [-0.39, 0.29) is 46.7 Å². The van der Waals surface area contributed by atoms with Crippen LogP contribution >= 0.6 is 0 Å². The van der Waals surface area contributed by atoms with Crippen LogP contribution in [0.2, 0.25) is 0 Å². The molecule has 7 nitrogen and oxygen atoms in total. The van der Waals surface area contributed by atoms with Crippen molar-refractivity contribution < 1.29 is 14.6 Å². The second-order valence-electron chi connectivity index (χ2n) is 11.1. The molecule has 42 heavy (non-hydrogen) atoms. The fraction of sp³-hybridized carbons (Fsp3) is 0.324. The van der Waals surface area contributed by atoms with Crippen molar-refractivity contribution in [3.05, 3.63) is 83.1 Å². The molecule has 1 saturated heterocycles. The van der Waals surface area contributed by atoms with E-state index in [0.29, 0.717) is 26.7 Å². The number of hydrogen-bond donors (Lipinski definition) is 1. The number of carbonyl (C=O) groups excluding carboxylic acids is 1. The van der Waals surface area contributed by atoms with E-state index >= 15 is 0 Å². The summed E-state index contributed by atoms with van der Waals surface area (Å²) in [5.41, 5.74) is 6.89. The van der Waals surface area contributed by atoms with Crippen LogP contribution in [0.25, 0.3) is 54.1 Å². The van der Waals surface area contributed by atoms with Crippen LogP contribution in [0.15, 0.2) is 12.3 Å². The number of hydrogen-bond acceptors (Lipinski definition) is 3. The molecule has 0 amide bonds. The summed E-state index contributed by atoms with van der Waals surface area (Å²) in [5.74, 6) is -1.41. The molecule has 2 aliphatic heterocycles. The minimum absolute atomic E-state index is 0. The summed E-state index contributed by atoms with van der Waals surface area (Å²) >= 11 is 0. The molecule has 0 saturated carbocycles. The third kappa shape index (κ3) is 4.18. The Bertz CT molecular complexity index is 2020. The first-order valence-corrected chi connectivity index (χ1v) is 14.1. The molecule has 1 fully saturated rings. The van der Waals surface area contributed by atoms with E-state index in [1.807, 2.05) is 31.2 Å². The van der Waals surface area contributed by atoms with Crippen LogP contribution < -0.4 is 46.7 Å². The number of aliphatic hydroxyl groups is 1. The smallest absolute Gasteiger partial charge is 0.681 e. The monoisotopic (exact) mass is 570 g/mol. The normalized spacial score (nSPS) is 24.9.